The highest BCUT2D eigenvalue weighted by molar-refractivity contribution is 5.77. The van der Waals surface area contributed by atoms with Crippen LogP contribution in [0, 0.1) is 0 Å². The van der Waals surface area contributed by atoms with Gasteiger partial charge in [-0.3, -0.25) is 4.79 Å². The Bertz CT molecular complexity index is 886. The molecule has 252 valence electrons. The van der Waals surface area contributed by atoms with Gasteiger partial charge in [0.1, 0.15) is 80.4 Å². The molecule has 0 bridgehead atoms. The van der Waals surface area contributed by atoms with Crippen LogP contribution < -0.4 is 5.32 Å². The summed E-state index contributed by atoms with van der Waals surface area (Å²) in [6, 6.07) is -1.45. The van der Waals surface area contributed by atoms with Crippen LogP contribution in [0.25, 0.3) is 0 Å². The standard InChI is InChI=1S/C23H41NO19/c25-2-8(29)13(31)20-12(24-11(30)4-27)7(28)1-23(38,43-20)6-39-5-10-14(32)15(33)18(36)22(41-10)42-19-9(3-26)40-21(37)17(35)16(19)34/h7-10,12-22,25-29,31-38H,1-6H2,(H,24,30). The van der Waals surface area contributed by atoms with E-state index in [4.69, 9.17) is 28.8 Å². The second-order valence-corrected chi connectivity index (χ2v) is 10.7. The molecule has 16 atom stereocenters. The van der Waals surface area contributed by atoms with E-state index >= 15 is 0 Å². The highest BCUT2D eigenvalue weighted by Gasteiger charge is 2.52. The van der Waals surface area contributed by atoms with Crippen molar-refractivity contribution >= 4 is 5.91 Å². The zero-order chi connectivity index (χ0) is 32.2. The van der Waals surface area contributed by atoms with Crippen LogP contribution in [0.4, 0.5) is 0 Å². The van der Waals surface area contributed by atoms with E-state index in [1.807, 2.05) is 0 Å². The van der Waals surface area contributed by atoms with E-state index in [0.29, 0.717) is 0 Å². The third kappa shape index (κ3) is 8.32. The molecule has 0 aromatic heterocycles. The van der Waals surface area contributed by atoms with Gasteiger partial charge in [-0.1, -0.05) is 0 Å². The Morgan fingerprint density at radius 1 is 0.907 bits per heavy atom. The van der Waals surface area contributed by atoms with Gasteiger partial charge < -0.3 is 95.4 Å². The molecule has 0 radical (unpaired) electrons. The van der Waals surface area contributed by atoms with Crippen molar-refractivity contribution in [1.29, 1.82) is 0 Å². The van der Waals surface area contributed by atoms with Crippen LogP contribution in [0.5, 0.6) is 0 Å². The maximum absolute atomic E-state index is 11.7. The summed E-state index contributed by atoms with van der Waals surface area (Å²) in [7, 11) is 0. The Balaban J connectivity index is 1.67. The first kappa shape index (κ1) is 36.2. The number of rotatable bonds is 12. The second-order valence-electron chi connectivity index (χ2n) is 10.7. The van der Waals surface area contributed by atoms with Crippen LogP contribution in [-0.4, -0.2) is 203 Å². The molecule has 1 amide bonds. The molecule has 20 heteroatoms. The summed E-state index contributed by atoms with van der Waals surface area (Å²) < 4.78 is 26.7. The average molecular weight is 636 g/mol. The molecule has 3 aliphatic rings. The van der Waals surface area contributed by atoms with Crippen LogP contribution in [0.1, 0.15) is 6.42 Å². The maximum Gasteiger partial charge on any atom is 0.246 e. The summed E-state index contributed by atoms with van der Waals surface area (Å²) in [5, 5.41) is 133. The number of aliphatic hydroxyl groups excluding tert-OH is 12. The van der Waals surface area contributed by atoms with Crippen molar-refractivity contribution in [3.05, 3.63) is 0 Å². The summed E-state index contributed by atoms with van der Waals surface area (Å²) in [4.78, 5) is 11.7. The van der Waals surface area contributed by atoms with Crippen LogP contribution in [0.15, 0.2) is 0 Å². The van der Waals surface area contributed by atoms with Gasteiger partial charge in [-0.15, -0.1) is 0 Å². The Morgan fingerprint density at radius 3 is 2.19 bits per heavy atom. The number of ether oxygens (including phenoxy) is 5. The molecule has 3 saturated heterocycles. The third-order valence-corrected chi connectivity index (χ3v) is 7.45. The predicted molar refractivity (Wildman–Crippen MR) is 131 cm³/mol. The number of aliphatic hydroxyl groups is 13. The van der Waals surface area contributed by atoms with Gasteiger partial charge in [-0.25, -0.2) is 0 Å². The Morgan fingerprint density at radius 2 is 1.58 bits per heavy atom. The largest absolute Gasteiger partial charge is 0.394 e. The molecule has 0 aromatic rings. The number of carbonyl (C=O) groups is 1. The maximum atomic E-state index is 11.7. The lowest BCUT2D eigenvalue weighted by molar-refractivity contribution is -0.358. The lowest BCUT2D eigenvalue weighted by atomic mass is 9.89. The van der Waals surface area contributed by atoms with E-state index in [-0.39, 0.29) is 0 Å². The van der Waals surface area contributed by atoms with E-state index in [1.165, 1.54) is 0 Å². The van der Waals surface area contributed by atoms with Crippen molar-refractivity contribution in [2.45, 2.75) is 104 Å². The number of nitrogens with one attached hydrogen (secondary N) is 1. The first-order valence-corrected chi connectivity index (χ1v) is 13.4. The minimum Gasteiger partial charge on any atom is -0.394 e. The van der Waals surface area contributed by atoms with E-state index in [0.717, 1.165) is 0 Å². The smallest absolute Gasteiger partial charge is 0.246 e. The summed E-state index contributed by atoms with van der Waals surface area (Å²) in [5.41, 5.74) is 0. The van der Waals surface area contributed by atoms with Crippen LogP contribution >= 0.6 is 0 Å². The van der Waals surface area contributed by atoms with Gasteiger partial charge in [0.25, 0.3) is 0 Å². The Kier molecular flexibility index (Phi) is 12.9. The highest BCUT2D eigenvalue weighted by Crippen LogP contribution is 2.32. The van der Waals surface area contributed by atoms with Gasteiger partial charge in [0.15, 0.2) is 18.4 Å². The lowest BCUT2D eigenvalue weighted by Crippen LogP contribution is -2.67. The molecule has 3 aliphatic heterocycles. The van der Waals surface area contributed by atoms with Gasteiger partial charge in [-0.05, 0) is 0 Å². The van der Waals surface area contributed by atoms with Gasteiger partial charge in [-0.2, -0.15) is 0 Å². The van der Waals surface area contributed by atoms with Crippen molar-refractivity contribution in [1.82, 2.24) is 5.32 Å². The summed E-state index contributed by atoms with van der Waals surface area (Å²) in [6.45, 7) is -4.19. The third-order valence-electron chi connectivity index (χ3n) is 7.45. The fraction of sp³-hybridized carbons (Fsp3) is 0.957. The van der Waals surface area contributed by atoms with E-state index in [9.17, 15) is 66.1 Å². The summed E-state index contributed by atoms with van der Waals surface area (Å²) >= 11 is 0. The predicted octanol–water partition coefficient (Wildman–Crippen LogP) is -9.34. The molecule has 3 rings (SSSR count). The zero-order valence-corrected chi connectivity index (χ0v) is 22.7. The van der Waals surface area contributed by atoms with E-state index < -0.39 is 143 Å². The highest BCUT2D eigenvalue weighted by atomic mass is 16.7. The quantitative estimate of drug-likeness (QED) is 0.0946. The lowest BCUT2D eigenvalue weighted by Gasteiger charge is -2.47. The Labute approximate surface area is 243 Å². The zero-order valence-electron chi connectivity index (χ0n) is 22.7. The fourth-order valence-corrected chi connectivity index (χ4v) is 5.05. The van der Waals surface area contributed by atoms with Gasteiger partial charge in [0.05, 0.1) is 32.0 Å². The Hall–Kier alpha value is -1.25. The first-order chi connectivity index (χ1) is 20.2. The number of amides is 1. The van der Waals surface area contributed by atoms with Crippen molar-refractivity contribution in [3.63, 3.8) is 0 Å². The molecule has 0 aliphatic carbocycles. The van der Waals surface area contributed by atoms with Crippen LogP contribution in [-0.2, 0) is 28.5 Å². The van der Waals surface area contributed by atoms with Gasteiger partial charge >= 0.3 is 0 Å². The minimum atomic E-state index is -2.40. The van der Waals surface area contributed by atoms with Crippen molar-refractivity contribution in [2.24, 2.45) is 0 Å². The first-order valence-electron chi connectivity index (χ1n) is 13.4. The number of hydrogen-bond acceptors (Lipinski definition) is 19. The monoisotopic (exact) mass is 635 g/mol. The molecular weight excluding hydrogens is 594 g/mol. The van der Waals surface area contributed by atoms with Crippen LogP contribution in [0.3, 0.4) is 0 Å². The topological polar surface area (TPSA) is 338 Å². The summed E-state index contributed by atoms with van der Waals surface area (Å²) in [6.07, 6.45) is -25.2. The van der Waals surface area contributed by atoms with Crippen molar-refractivity contribution < 1.29 is 94.9 Å². The molecule has 0 aromatic carbocycles. The van der Waals surface area contributed by atoms with E-state index in [1.54, 1.807) is 0 Å². The molecule has 0 saturated carbocycles. The molecule has 43 heavy (non-hydrogen) atoms. The summed E-state index contributed by atoms with van der Waals surface area (Å²) in [5.74, 6) is -3.38. The minimum absolute atomic E-state index is 0.640. The normalized spacial score (nSPS) is 45.4. The van der Waals surface area contributed by atoms with E-state index in [2.05, 4.69) is 5.32 Å². The SMILES string of the molecule is O=C(CO)NC1C(O)CC(O)(COCC2OC(OC3C(CO)OC(O)C(O)C3O)C(O)C(O)C2O)OC1C(O)C(O)CO. The molecule has 3 fully saturated rings. The molecule has 16 unspecified atom stereocenters. The van der Waals surface area contributed by atoms with Gasteiger partial charge in [0.2, 0.25) is 5.91 Å². The van der Waals surface area contributed by atoms with Crippen molar-refractivity contribution in [2.75, 3.05) is 33.0 Å². The second kappa shape index (κ2) is 15.4. The molecule has 20 nitrogen and oxygen atoms in total. The molecule has 0 spiro atoms. The molecule has 14 N–H and O–H groups in total. The fourth-order valence-electron chi connectivity index (χ4n) is 5.05. The molecule has 3 heterocycles. The molecular formula is C23H41NO19. The van der Waals surface area contributed by atoms with Crippen LogP contribution in [0.2, 0.25) is 0 Å². The number of hydrogen-bond donors (Lipinski definition) is 14. The average Bonchev–Trinajstić information content (AvgIpc) is 2.98. The van der Waals surface area contributed by atoms with Gasteiger partial charge in [0, 0.05) is 6.42 Å². The number of carbonyl (C=O) groups excluding carboxylic acids is 1. The van der Waals surface area contributed by atoms with Crippen molar-refractivity contribution in [3.8, 4) is 0 Å².